The number of hydrogen-bond donors (Lipinski definition) is 2. The van der Waals surface area contributed by atoms with Gasteiger partial charge in [0.05, 0.1) is 12.7 Å². The molecule has 0 aliphatic carbocycles. The van der Waals surface area contributed by atoms with E-state index >= 15 is 0 Å². The molecule has 10 heteroatoms. The number of aromatic amines is 2. The fraction of sp³-hybridized carbons (Fsp3) is 0.286. The molecule has 10 nitrogen and oxygen atoms in total. The van der Waals surface area contributed by atoms with Crippen LogP contribution in [0, 0.1) is 0 Å². The lowest BCUT2D eigenvalue weighted by Gasteiger charge is -2.36. The van der Waals surface area contributed by atoms with Crippen molar-refractivity contribution in [2.45, 2.75) is 0 Å². The summed E-state index contributed by atoms with van der Waals surface area (Å²) in [5, 5.41) is 0. The molecule has 0 amide bonds. The minimum atomic E-state index is 0.692. The summed E-state index contributed by atoms with van der Waals surface area (Å²) in [5.74, 6) is 1.79. The Kier molecular flexibility index (Phi) is 2.81. The average Bonchev–Trinajstić information content (AvgIpc) is 3.30. The van der Waals surface area contributed by atoms with Crippen LogP contribution in [-0.4, -0.2) is 66.1 Å². The Morgan fingerprint density at radius 1 is 0.625 bits per heavy atom. The first-order chi connectivity index (χ1) is 11.9. The smallest absolute Gasteiger partial charge is 0.182 e. The molecule has 0 spiro atoms. The fourth-order valence-corrected chi connectivity index (χ4v) is 3.11. The summed E-state index contributed by atoms with van der Waals surface area (Å²) in [4.78, 5) is 36.3. The van der Waals surface area contributed by atoms with E-state index in [-0.39, 0.29) is 0 Å². The molecule has 1 fully saturated rings. The third kappa shape index (κ3) is 1.96. The van der Waals surface area contributed by atoms with Crippen molar-refractivity contribution in [1.29, 1.82) is 0 Å². The maximum atomic E-state index is 4.43. The molecule has 5 heterocycles. The highest BCUT2D eigenvalue weighted by Crippen LogP contribution is 2.24. The molecule has 1 aliphatic heterocycles. The van der Waals surface area contributed by atoms with Crippen molar-refractivity contribution in [1.82, 2.24) is 39.9 Å². The molecule has 0 saturated carbocycles. The molecular weight excluding hydrogens is 308 g/mol. The van der Waals surface area contributed by atoms with E-state index in [9.17, 15) is 0 Å². The van der Waals surface area contributed by atoms with Crippen LogP contribution in [-0.2, 0) is 0 Å². The van der Waals surface area contributed by atoms with Crippen LogP contribution in [0.4, 0.5) is 11.6 Å². The van der Waals surface area contributed by atoms with Gasteiger partial charge in [-0.2, -0.15) is 0 Å². The maximum Gasteiger partial charge on any atom is 0.182 e. The SMILES string of the molecule is c1nc(N2CCN(c3ncnc4nc[nH]c34)CC2)c2[nH]cnc2n1. The Morgan fingerprint density at radius 3 is 1.54 bits per heavy atom. The summed E-state index contributed by atoms with van der Waals surface area (Å²) in [5.41, 5.74) is 3.14. The predicted molar refractivity (Wildman–Crippen MR) is 87.8 cm³/mol. The van der Waals surface area contributed by atoms with Crippen LogP contribution in [0.5, 0.6) is 0 Å². The first-order valence-electron chi connectivity index (χ1n) is 7.68. The van der Waals surface area contributed by atoms with Crippen molar-refractivity contribution in [3.8, 4) is 0 Å². The molecule has 1 aliphatic rings. The summed E-state index contributed by atoms with van der Waals surface area (Å²) < 4.78 is 0. The molecular formula is C14H14N10. The molecule has 4 aromatic heterocycles. The van der Waals surface area contributed by atoms with Gasteiger partial charge in [0, 0.05) is 26.2 Å². The zero-order valence-corrected chi connectivity index (χ0v) is 12.7. The van der Waals surface area contributed by atoms with Crippen LogP contribution in [0.3, 0.4) is 0 Å². The largest absolute Gasteiger partial charge is 0.351 e. The minimum Gasteiger partial charge on any atom is -0.351 e. The molecule has 0 aromatic carbocycles. The molecule has 4 aromatic rings. The third-order valence-electron chi connectivity index (χ3n) is 4.28. The van der Waals surface area contributed by atoms with Gasteiger partial charge in [0.15, 0.2) is 22.9 Å². The molecule has 0 radical (unpaired) electrons. The van der Waals surface area contributed by atoms with Crippen LogP contribution in [0.15, 0.2) is 25.3 Å². The highest BCUT2D eigenvalue weighted by atomic mass is 15.3. The Bertz CT molecular complexity index is 915. The first kappa shape index (κ1) is 13.2. The Hall–Kier alpha value is -3.30. The lowest BCUT2D eigenvalue weighted by molar-refractivity contribution is 0.643. The topological polar surface area (TPSA) is 115 Å². The van der Waals surface area contributed by atoms with E-state index in [1.807, 2.05) is 0 Å². The van der Waals surface area contributed by atoms with Crippen LogP contribution in [0.2, 0.25) is 0 Å². The zero-order valence-electron chi connectivity index (χ0n) is 12.7. The van der Waals surface area contributed by atoms with Crippen molar-refractivity contribution in [3.63, 3.8) is 0 Å². The van der Waals surface area contributed by atoms with Crippen LogP contribution >= 0.6 is 0 Å². The number of nitrogens with zero attached hydrogens (tertiary/aromatic N) is 8. The summed E-state index contributed by atoms with van der Waals surface area (Å²) in [6.45, 7) is 3.35. The lowest BCUT2D eigenvalue weighted by Crippen LogP contribution is -2.47. The number of nitrogens with one attached hydrogen (secondary N) is 2. The van der Waals surface area contributed by atoms with Crippen LogP contribution < -0.4 is 9.80 Å². The molecule has 0 atom stereocenters. The number of H-pyrrole nitrogens is 2. The van der Waals surface area contributed by atoms with Gasteiger partial charge in [-0.3, -0.25) is 0 Å². The molecule has 0 bridgehead atoms. The van der Waals surface area contributed by atoms with Crippen molar-refractivity contribution >= 4 is 34.0 Å². The quantitative estimate of drug-likeness (QED) is 0.543. The van der Waals surface area contributed by atoms with Crippen molar-refractivity contribution in [2.24, 2.45) is 0 Å². The van der Waals surface area contributed by atoms with Gasteiger partial charge in [-0.1, -0.05) is 0 Å². The summed E-state index contributed by atoms with van der Waals surface area (Å²) in [6.07, 6.45) is 6.41. The number of hydrogen-bond acceptors (Lipinski definition) is 8. The summed E-state index contributed by atoms with van der Waals surface area (Å²) in [7, 11) is 0. The molecule has 24 heavy (non-hydrogen) atoms. The fourth-order valence-electron chi connectivity index (χ4n) is 3.11. The number of aromatic nitrogens is 8. The summed E-state index contributed by atoms with van der Waals surface area (Å²) >= 11 is 0. The number of piperazine rings is 1. The summed E-state index contributed by atoms with van der Waals surface area (Å²) in [6, 6.07) is 0. The minimum absolute atomic E-state index is 0.692. The van der Waals surface area contributed by atoms with E-state index in [1.54, 1.807) is 25.3 Å². The molecule has 5 rings (SSSR count). The van der Waals surface area contributed by atoms with Crippen molar-refractivity contribution < 1.29 is 0 Å². The van der Waals surface area contributed by atoms with Gasteiger partial charge in [-0.25, -0.2) is 29.9 Å². The van der Waals surface area contributed by atoms with E-state index in [2.05, 4.69) is 49.7 Å². The highest BCUT2D eigenvalue weighted by Gasteiger charge is 2.23. The Balaban J connectivity index is 1.41. The Morgan fingerprint density at radius 2 is 1.08 bits per heavy atom. The lowest BCUT2D eigenvalue weighted by atomic mass is 10.3. The second kappa shape index (κ2) is 5.11. The first-order valence-corrected chi connectivity index (χ1v) is 7.68. The standard InChI is InChI=1S/C14H14N10/c1-2-24(14-10-12(18-6-16-10)20-8-22-14)4-3-23(1)13-9-11(17-5-15-9)19-7-21-13/h5-8H,1-4H2,(H,15,17,19,21)(H,16,18,20,22). The molecule has 2 N–H and O–H groups in total. The van der Waals surface area contributed by atoms with Gasteiger partial charge in [-0.05, 0) is 0 Å². The normalized spacial score (nSPS) is 15.5. The average molecular weight is 322 g/mol. The highest BCUT2D eigenvalue weighted by molar-refractivity contribution is 5.84. The van der Waals surface area contributed by atoms with E-state index in [0.29, 0.717) is 11.3 Å². The van der Waals surface area contributed by atoms with E-state index in [0.717, 1.165) is 48.8 Å². The number of imidazole rings is 2. The van der Waals surface area contributed by atoms with Gasteiger partial charge in [-0.15, -0.1) is 0 Å². The second-order valence-electron chi connectivity index (χ2n) is 5.57. The van der Waals surface area contributed by atoms with Gasteiger partial charge < -0.3 is 19.8 Å². The Labute approximate surface area is 136 Å². The number of fused-ring (bicyclic) bond motifs is 2. The zero-order chi connectivity index (χ0) is 15.9. The molecule has 1 saturated heterocycles. The number of anilines is 2. The maximum absolute atomic E-state index is 4.43. The van der Waals surface area contributed by atoms with E-state index in [1.165, 1.54) is 0 Å². The van der Waals surface area contributed by atoms with Crippen LogP contribution in [0.25, 0.3) is 22.3 Å². The van der Waals surface area contributed by atoms with E-state index in [4.69, 9.17) is 0 Å². The monoisotopic (exact) mass is 322 g/mol. The second-order valence-corrected chi connectivity index (χ2v) is 5.57. The third-order valence-corrected chi connectivity index (χ3v) is 4.28. The molecule has 0 unspecified atom stereocenters. The van der Waals surface area contributed by atoms with Crippen LogP contribution in [0.1, 0.15) is 0 Å². The molecule has 120 valence electrons. The van der Waals surface area contributed by atoms with Gasteiger partial charge >= 0.3 is 0 Å². The predicted octanol–water partition coefficient (Wildman–Crippen LogP) is 0.346. The number of rotatable bonds is 2. The van der Waals surface area contributed by atoms with Crippen molar-refractivity contribution in [2.75, 3.05) is 36.0 Å². The van der Waals surface area contributed by atoms with E-state index < -0.39 is 0 Å². The van der Waals surface area contributed by atoms with Gasteiger partial charge in [0.1, 0.15) is 23.7 Å². The van der Waals surface area contributed by atoms with Gasteiger partial charge in [0.25, 0.3) is 0 Å². The van der Waals surface area contributed by atoms with Crippen molar-refractivity contribution in [3.05, 3.63) is 25.3 Å². The van der Waals surface area contributed by atoms with Gasteiger partial charge in [0.2, 0.25) is 0 Å².